The highest BCUT2D eigenvalue weighted by Gasteiger charge is 2.12. The lowest BCUT2D eigenvalue weighted by Crippen LogP contribution is -2.11. The molecule has 2 heterocycles. The second-order valence-electron chi connectivity index (χ2n) is 2.80. The fourth-order valence-corrected chi connectivity index (χ4v) is 1.30. The zero-order valence-electron chi connectivity index (χ0n) is 6.50. The lowest BCUT2D eigenvalue weighted by atomic mass is 10.1. The Morgan fingerprint density at radius 1 is 1.58 bits per heavy atom. The molecule has 0 unspecified atom stereocenters. The summed E-state index contributed by atoms with van der Waals surface area (Å²) in [5.74, 6) is -0.419. The molecule has 4 heteroatoms. The van der Waals surface area contributed by atoms with E-state index in [1.165, 1.54) is 6.20 Å². The Balaban J connectivity index is 2.45. The SMILES string of the molecule is NC(=O)c1cnc2c(c1)CNC2. The van der Waals surface area contributed by atoms with Gasteiger partial charge in [-0.2, -0.15) is 0 Å². The number of nitrogens with two attached hydrogens (primary N) is 1. The third-order valence-corrected chi connectivity index (χ3v) is 1.95. The molecule has 0 bridgehead atoms. The maximum absolute atomic E-state index is 10.8. The standard InChI is InChI=1S/C8H9N3O/c9-8(12)6-1-5-2-10-4-7(5)11-3-6/h1,3,10H,2,4H2,(H2,9,12). The van der Waals surface area contributed by atoms with E-state index in [0.717, 1.165) is 24.3 Å². The summed E-state index contributed by atoms with van der Waals surface area (Å²) in [7, 11) is 0. The van der Waals surface area contributed by atoms with Crippen LogP contribution in [0.4, 0.5) is 0 Å². The third kappa shape index (κ3) is 1.06. The number of fused-ring (bicyclic) bond motifs is 1. The molecular formula is C8H9N3O. The topological polar surface area (TPSA) is 68.0 Å². The van der Waals surface area contributed by atoms with Crippen molar-refractivity contribution in [2.24, 2.45) is 5.73 Å². The van der Waals surface area contributed by atoms with Crippen LogP contribution in [0.5, 0.6) is 0 Å². The quantitative estimate of drug-likeness (QED) is 0.601. The number of aromatic nitrogens is 1. The lowest BCUT2D eigenvalue weighted by molar-refractivity contribution is 0.1000. The Bertz CT molecular complexity index is 335. The van der Waals surface area contributed by atoms with Gasteiger partial charge in [0.25, 0.3) is 0 Å². The average Bonchev–Trinajstić information content (AvgIpc) is 2.49. The first-order valence-electron chi connectivity index (χ1n) is 3.75. The maximum Gasteiger partial charge on any atom is 0.250 e. The summed E-state index contributed by atoms with van der Waals surface area (Å²) in [5, 5.41) is 3.14. The first-order chi connectivity index (χ1) is 5.77. The van der Waals surface area contributed by atoms with Crippen LogP contribution in [0, 0.1) is 0 Å². The highest BCUT2D eigenvalue weighted by atomic mass is 16.1. The fourth-order valence-electron chi connectivity index (χ4n) is 1.30. The molecule has 0 saturated carbocycles. The predicted molar refractivity (Wildman–Crippen MR) is 43.3 cm³/mol. The van der Waals surface area contributed by atoms with Crippen molar-refractivity contribution in [1.29, 1.82) is 0 Å². The number of nitrogens with one attached hydrogen (secondary N) is 1. The molecule has 0 fully saturated rings. The van der Waals surface area contributed by atoms with Crippen LogP contribution in [0.3, 0.4) is 0 Å². The summed E-state index contributed by atoms with van der Waals surface area (Å²) in [6.07, 6.45) is 1.52. The number of carbonyl (C=O) groups excluding carboxylic acids is 1. The van der Waals surface area contributed by atoms with E-state index in [9.17, 15) is 4.79 Å². The minimum atomic E-state index is -0.419. The molecule has 0 aliphatic carbocycles. The molecule has 0 spiro atoms. The number of rotatable bonds is 1. The van der Waals surface area contributed by atoms with E-state index in [4.69, 9.17) is 5.73 Å². The van der Waals surface area contributed by atoms with Gasteiger partial charge in [0.1, 0.15) is 0 Å². The number of pyridine rings is 1. The second-order valence-corrected chi connectivity index (χ2v) is 2.80. The molecule has 0 saturated heterocycles. The van der Waals surface area contributed by atoms with Gasteiger partial charge in [-0.25, -0.2) is 0 Å². The number of carbonyl (C=O) groups is 1. The van der Waals surface area contributed by atoms with E-state index in [-0.39, 0.29) is 0 Å². The molecule has 2 rings (SSSR count). The zero-order valence-corrected chi connectivity index (χ0v) is 6.50. The van der Waals surface area contributed by atoms with Gasteiger partial charge >= 0.3 is 0 Å². The first kappa shape index (κ1) is 7.24. The smallest absolute Gasteiger partial charge is 0.250 e. The van der Waals surface area contributed by atoms with Crippen LogP contribution in [-0.4, -0.2) is 10.9 Å². The van der Waals surface area contributed by atoms with Gasteiger partial charge in [-0.15, -0.1) is 0 Å². The van der Waals surface area contributed by atoms with Crippen LogP contribution in [0.1, 0.15) is 21.6 Å². The Kier molecular flexibility index (Phi) is 1.55. The average molecular weight is 163 g/mol. The van der Waals surface area contributed by atoms with Crippen molar-refractivity contribution in [3.63, 3.8) is 0 Å². The van der Waals surface area contributed by atoms with E-state index in [1.54, 1.807) is 6.07 Å². The molecule has 0 radical (unpaired) electrons. The number of hydrogen-bond donors (Lipinski definition) is 2. The molecule has 12 heavy (non-hydrogen) atoms. The molecule has 1 amide bonds. The van der Waals surface area contributed by atoms with Crippen molar-refractivity contribution >= 4 is 5.91 Å². The van der Waals surface area contributed by atoms with E-state index in [0.29, 0.717) is 5.56 Å². The Morgan fingerprint density at radius 2 is 2.42 bits per heavy atom. The van der Waals surface area contributed by atoms with E-state index < -0.39 is 5.91 Å². The first-order valence-corrected chi connectivity index (χ1v) is 3.75. The third-order valence-electron chi connectivity index (χ3n) is 1.95. The molecule has 0 aromatic carbocycles. The highest BCUT2D eigenvalue weighted by molar-refractivity contribution is 5.92. The zero-order chi connectivity index (χ0) is 8.55. The summed E-state index contributed by atoms with van der Waals surface area (Å²) < 4.78 is 0. The van der Waals surface area contributed by atoms with Gasteiger partial charge in [-0.05, 0) is 11.6 Å². The number of amides is 1. The van der Waals surface area contributed by atoms with Gasteiger partial charge in [0.15, 0.2) is 0 Å². The van der Waals surface area contributed by atoms with Gasteiger partial charge < -0.3 is 11.1 Å². The Labute approximate surface area is 69.8 Å². The van der Waals surface area contributed by atoms with Crippen molar-refractivity contribution < 1.29 is 4.79 Å². The molecule has 4 nitrogen and oxygen atoms in total. The van der Waals surface area contributed by atoms with Gasteiger partial charge in [0.05, 0.1) is 11.3 Å². The molecule has 1 aromatic heterocycles. The Morgan fingerprint density at radius 3 is 3.17 bits per heavy atom. The highest BCUT2D eigenvalue weighted by Crippen LogP contribution is 2.13. The van der Waals surface area contributed by atoms with Gasteiger partial charge in [-0.1, -0.05) is 0 Å². The predicted octanol–water partition coefficient (Wildman–Crippen LogP) is -0.216. The van der Waals surface area contributed by atoms with Crippen LogP contribution in [0.2, 0.25) is 0 Å². The van der Waals surface area contributed by atoms with Crippen LogP contribution in [0.15, 0.2) is 12.3 Å². The van der Waals surface area contributed by atoms with Gasteiger partial charge in [0.2, 0.25) is 5.91 Å². The van der Waals surface area contributed by atoms with Gasteiger partial charge in [-0.3, -0.25) is 9.78 Å². The normalized spacial score (nSPS) is 14.3. The van der Waals surface area contributed by atoms with E-state index >= 15 is 0 Å². The minimum Gasteiger partial charge on any atom is -0.366 e. The Hall–Kier alpha value is -1.42. The van der Waals surface area contributed by atoms with Crippen molar-refractivity contribution in [1.82, 2.24) is 10.3 Å². The minimum absolute atomic E-state index is 0.419. The van der Waals surface area contributed by atoms with Crippen LogP contribution < -0.4 is 11.1 Å². The molecule has 1 aliphatic rings. The van der Waals surface area contributed by atoms with Crippen LogP contribution in [0.25, 0.3) is 0 Å². The largest absolute Gasteiger partial charge is 0.366 e. The summed E-state index contributed by atoms with van der Waals surface area (Å²) in [5.41, 5.74) is 7.68. The second kappa shape index (κ2) is 2.57. The van der Waals surface area contributed by atoms with E-state index in [1.807, 2.05) is 0 Å². The van der Waals surface area contributed by atoms with E-state index in [2.05, 4.69) is 10.3 Å². The monoisotopic (exact) mass is 163 g/mol. The molecule has 1 aromatic rings. The maximum atomic E-state index is 10.8. The number of hydrogen-bond acceptors (Lipinski definition) is 3. The number of nitrogens with zero attached hydrogens (tertiary/aromatic N) is 1. The van der Waals surface area contributed by atoms with Crippen molar-refractivity contribution in [2.75, 3.05) is 0 Å². The summed E-state index contributed by atoms with van der Waals surface area (Å²) in [6, 6.07) is 1.80. The summed E-state index contributed by atoms with van der Waals surface area (Å²) >= 11 is 0. The molecule has 0 atom stereocenters. The molecule has 62 valence electrons. The molecule has 3 N–H and O–H groups in total. The van der Waals surface area contributed by atoms with Crippen molar-refractivity contribution in [3.05, 3.63) is 29.1 Å². The lowest BCUT2D eigenvalue weighted by Gasteiger charge is -1.98. The van der Waals surface area contributed by atoms with Crippen LogP contribution >= 0.6 is 0 Å². The number of primary amides is 1. The molecule has 1 aliphatic heterocycles. The summed E-state index contributed by atoms with van der Waals surface area (Å²) in [4.78, 5) is 14.9. The van der Waals surface area contributed by atoms with Crippen molar-refractivity contribution in [3.8, 4) is 0 Å². The fraction of sp³-hybridized carbons (Fsp3) is 0.250. The summed E-state index contributed by atoms with van der Waals surface area (Å²) in [6.45, 7) is 1.57. The molecular weight excluding hydrogens is 154 g/mol. The van der Waals surface area contributed by atoms with Crippen LogP contribution in [-0.2, 0) is 13.1 Å². The van der Waals surface area contributed by atoms with Crippen molar-refractivity contribution in [2.45, 2.75) is 13.1 Å². The van der Waals surface area contributed by atoms with Gasteiger partial charge in [0, 0.05) is 19.3 Å².